The molecule has 0 heterocycles. The van der Waals surface area contributed by atoms with Crippen molar-refractivity contribution < 1.29 is 10.2 Å². The Morgan fingerprint density at radius 2 is 0.914 bits per heavy atom. The highest BCUT2D eigenvalue weighted by molar-refractivity contribution is 5.56. The molecule has 2 aromatic carbocycles. The Morgan fingerprint density at radius 3 is 1.17 bits per heavy atom. The highest BCUT2D eigenvalue weighted by Gasteiger charge is 2.34. The summed E-state index contributed by atoms with van der Waals surface area (Å²) in [6.07, 6.45) is 2.73. The Balaban J connectivity index is 2.73. The van der Waals surface area contributed by atoms with Gasteiger partial charge < -0.3 is 10.2 Å². The standard InChI is InChI=1S/C33H52O2/c1-14-23(24-15-21(2)17-26(28(24)34)32(10,11)19-30(4,5)6)25-16-22(3)18-27(29(25)35)33(12,13)20-31(7,8)9/h15-18,23,34-35H,14,19-20H2,1-13H3. The largest absolute Gasteiger partial charge is 0.507 e. The fraction of sp³-hybridized carbons (Fsp3) is 0.636. The molecule has 0 spiro atoms. The second kappa shape index (κ2) is 9.83. The molecule has 0 aromatic heterocycles. The molecule has 0 aliphatic heterocycles. The lowest BCUT2D eigenvalue weighted by atomic mass is 9.69. The molecule has 0 aliphatic rings. The number of aromatic hydroxyl groups is 2. The zero-order valence-electron chi connectivity index (χ0n) is 24.9. The maximum atomic E-state index is 11.7. The van der Waals surface area contributed by atoms with Crippen LogP contribution in [-0.4, -0.2) is 10.2 Å². The van der Waals surface area contributed by atoms with Crippen molar-refractivity contribution in [1.82, 2.24) is 0 Å². The van der Waals surface area contributed by atoms with Gasteiger partial charge in [-0.2, -0.15) is 0 Å². The molecule has 2 aromatic rings. The molecule has 0 aliphatic carbocycles. The number of phenols is 2. The van der Waals surface area contributed by atoms with Crippen LogP contribution in [0.2, 0.25) is 0 Å². The summed E-state index contributed by atoms with van der Waals surface area (Å²) < 4.78 is 0. The number of benzene rings is 2. The Morgan fingerprint density at radius 1 is 0.600 bits per heavy atom. The molecule has 0 amide bonds. The lowest BCUT2D eigenvalue weighted by Crippen LogP contribution is -2.26. The molecule has 35 heavy (non-hydrogen) atoms. The lowest BCUT2D eigenvalue weighted by molar-refractivity contribution is 0.278. The first-order valence-electron chi connectivity index (χ1n) is 13.4. The number of aryl methyl sites for hydroxylation is 2. The predicted octanol–water partition coefficient (Wildman–Crippen LogP) is 9.68. The second-order valence-corrected chi connectivity index (χ2v) is 14.7. The van der Waals surface area contributed by atoms with E-state index in [2.05, 4.69) is 114 Å². The van der Waals surface area contributed by atoms with Crippen molar-refractivity contribution >= 4 is 0 Å². The Labute approximate surface area is 216 Å². The van der Waals surface area contributed by atoms with Crippen LogP contribution in [-0.2, 0) is 10.8 Å². The van der Waals surface area contributed by atoms with Crippen molar-refractivity contribution in [2.45, 2.75) is 126 Å². The molecule has 2 heteroatoms. The van der Waals surface area contributed by atoms with Crippen molar-refractivity contribution in [2.75, 3.05) is 0 Å². The first kappa shape index (κ1) is 29.3. The third-order valence-electron chi connectivity index (χ3n) is 7.13. The van der Waals surface area contributed by atoms with Crippen LogP contribution in [0.5, 0.6) is 11.5 Å². The summed E-state index contributed by atoms with van der Waals surface area (Å²) >= 11 is 0. The molecule has 2 rings (SSSR count). The van der Waals surface area contributed by atoms with Gasteiger partial charge in [0.2, 0.25) is 0 Å². The van der Waals surface area contributed by atoms with E-state index in [1.807, 2.05) is 0 Å². The number of rotatable bonds is 7. The molecule has 0 radical (unpaired) electrons. The van der Waals surface area contributed by atoms with Crippen molar-refractivity contribution in [1.29, 1.82) is 0 Å². The molecule has 0 bridgehead atoms. The summed E-state index contributed by atoms with van der Waals surface area (Å²) in [4.78, 5) is 0. The molecule has 0 atom stereocenters. The van der Waals surface area contributed by atoms with E-state index >= 15 is 0 Å². The summed E-state index contributed by atoms with van der Waals surface area (Å²) in [6, 6.07) is 8.51. The van der Waals surface area contributed by atoms with Crippen molar-refractivity contribution in [3.05, 3.63) is 57.6 Å². The highest BCUT2D eigenvalue weighted by atomic mass is 16.3. The van der Waals surface area contributed by atoms with E-state index in [0.717, 1.165) is 52.6 Å². The first-order chi connectivity index (χ1) is 15.7. The number of hydrogen-bond donors (Lipinski definition) is 2. The van der Waals surface area contributed by atoms with Gasteiger partial charge in [-0.05, 0) is 54.8 Å². The van der Waals surface area contributed by atoms with Gasteiger partial charge in [-0.15, -0.1) is 0 Å². The van der Waals surface area contributed by atoms with Crippen LogP contribution < -0.4 is 0 Å². The maximum Gasteiger partial charge on any atom is 0.123 e. The van der Waals surface area contributed by atoms with Crippen molar-refractivity contribution in [3.8, 4) is 11.5 Å². The zero-order chi connectivity index (χ0) is 27.1. The molecule has 0 unspecified atom stereocenters. The Kier molecular flexibility index (Phi) is 8.22. The van der Waals surface area contributed by atoms with E-state index in [-0.39, 0.29) is 27.6 Å². The Hall–Kier alpha value is -1.96. The third kappa shape index (κ3) is 7.05. The van der Waals surface area contributed by atoms with Gasteiger partial charge in [0, 0.05) is 28.2 Å². The van der Waals surface area contributed by atoms with Crippen LogP contribution in [0.3, 0.4) is 0 Å². The van der Waals surface area contributed by atoms with E-state index in [0.29, 0.717) is 11.5 Å². The summed E-state index contributed by atoms with van der Waals surface area (Å²) in [5.74, 6) is 0.685. The van der Waals surface area contributed by atoms with E-state index in [1.54, 1.807) is 0 Å². The molecule has 2 N–H and O–H groups in total. The smallest absolute Gasteiger partial charge is 0.123 e. The van der Waals surface area contributed by atoms with Gasteiger partial charge in [0.1, 0.15) is 11.5 Å². The normalized spacial score (nSPS) is 13.5. The summed E-state index contributed by atoms with van der Waals surface area (Å²) in [5, 5.41) is 23.3. The van der Waals surface area contributed by atoms with Gasteiger partial charge in [-0.1, -0.05) is 112 Å². The average Bonchev–Trinajstić information content (AvgIpc) is 2.63. The fourth-order valence-electron chi connectivity index (χ4n) is 6.63. The minimum Gasteiger partial charge on any atom is -0.507 e. The van der Waals surface area contributed by atoms with Crippen LogP contribution in [0.15, 0.2) is 24.3 Å². The molecular weight excluding hydrogens is 428 g/mol. The minimum atomic E-state index is -0.171. The van der Waals surface area contributed by atoms with Gasteiger partial charge in [0.05, 0.1) is 0 Å². The molecule has 0 saturated carbocycles. The zero-order valence-corrected chi connectivity index (χ0v) is 24.9. The van der Waals surface area contributed by atoms with Crippen LogP contribution in [0.25, 0.3) is 0 Å². The Bertz CT molecular complexity index is 959. The molecule has 196 valence electrons. The monoisotopic (exact) mass is 480 g/mol. The molecule has 2 nitrogen and oxygen atoms in total. The molecular formula is C33H52O2. The van der Waals surface area contributed by atoms with Gasteiger partial charge in [-0.25, -0.2) is 0 Å². The van der Waals surface area contributed by atoms with Crippen LogP contribution in [0, 0.1) is 24.7 Å². The van der Waals surface area contributed by atoms with Crippen molar-refractivity contribution in [2.24, 2.45) is 10.8 Å². The predicted molar refractivity (Wildman–Crippen MR) is 152 cm³/mol. The number of hydrogen-bond acceptors (Lipinski definition) is 2. The van der Waals surface area contributed by atoms with Gasteiger partial charge >= 0.3 is 0 Å². The molecule has 0 saturated heterocycles. The summed E-state index contributed by atoms with van der Waals surface area (Å²) in [6.45, 7) is 28.8. The van der Waals surface area contributed by atoms with E-state index in [9.17, 15) is 10.2 Å². The SMILES string of the molecule is CCC(c1cc(C)cc(C(C)(C)CC(C)(C)C)c1O)c1cc(C)cc(C(C)(C)CC(C)(C)C)c1O. The maximum absolute atomic E-state index is 11.7. The van der Waals surface area contributed by atoms with E-state index in [1.165, 1.54) is 0 Å². The van der Waals surface area contributed by atoms with Crippen LogP contribution in [0.1, 0.15) is 135 Å². The minimum absolute atomic E-state index is 0.0804. The number of phenolic OH excluding ortho intramolecular Hbond substituents is 2. The topological polar surface area (TPSA) is 40.5 Å². The van der Waals surface area contributed by atoms with Gasteiger partial charge in [0.25, 0.3) is 0 Å². The summed E-state index contributed by atoms with van der Waals surface area (Å²) in [7, 11) is 0. The quantitative estimate of drug-likeness (QED) is 0.414. The van der Waals surface area contributed by atoms with Crippen molar-refractivity contribution in [3.63, 3.8) is 0 Å². The fourth-order valence-corrected chi connectivity index (χ4v) is 6.63. The van der Waals surface area contributed by atoms with Gasteiger partial charge in [0.15, 0.2) is 0 Å². The molecule has 0 fully saturated rings. The lowest BCUT2D eigenvalue weighted by Gasteiger charge is -2.35. The first-order valence-corrected chi connectivity index (χ1v) is 13.4. The van der Waals surface area contributed by atoms with E-state index in [4.69, 9.17) is 0 Å². The van der Waals surface area contributed by atoms with Crippen LogP contribution in [0.4, 0.5) is 0 Å². The highest BCUT2D eigenvalue weighted by Crippen LogP contribution is 2.48. The average molecular weight is 481 g/mol. The second-order valence-electron chi connectivity index (χ2n) is 14.7. The van der Waals surface area contributed by atoms with E-state index < -0.39 is 0 Å². The third-order valence-corrected chi connectivity index (χ3v) is 7.13. The van der Waals surface area contributed by atoms with Crippen LogP contribution >= 0.6 is 0 Å². The van der Waals surface area contributed by atoms with Gasteiger partial charge in [-0.3, -0.25) is 0 Å². The summed E-state index contributed by atoms with van der Waals surface area (Å²) in [5.41, 5.74) is 6.09.